The molecule has 1 fully saturated rings. The van der Waals surface area contributed by atoms with Crippen molar-refractivity contribution in [1.82, 2.24) is 14.6 Å². The van der Waals surface area contributed by atoms with Gasteiger partial charge in [0.05, 0.1) is 52.1 Å². The number of aliphatic hydroxyl groups is 1. The van der Waals surface area contributed by atoms with Crippen LogP contribution in [0.25, 0.3) is 16.9 Å². The minimum absolute atomic E-state index is 0.0514. The van der Waals surface area contributed by atoms with Crippen molar-refractivity contribution in [2.24, 2.45) is 11.7 Å². The average Bonchev–Trinajstić information content (AvgIpc) is 3.21. The molecule has 1 aliphatic carbocycles. The van der Waals surface area contributed by atoms with E-state index < -0.39 is 17.7 Å². The van der Waals surface area contributed by atoms with Crippen LogP contribution < -0.4 is 10.6 Å². The summed E-state index contributed by atoms with van der Waals surface area (Å²) in [6, 6.07) is 9.07. The van der Waals surface area contributed by atoms with Crippen molar-refractivity contribution in [2.75, 3.05) is 25.2 Å². The topological polar surface area (TPSA) is 130 Å². The number of amides is 1. The average molecular weight is 481 g/mol. The molecule has 4 rings (SSSR count). The quantitative estimate of drug-likeness (QED) is 0.482. The number of hydrogen-bond donors (Lipinski definition) is 2. The summed E-state index contributed by atoms with van der Waals surface area (Å²) in [6.07, 6.45) is 2.81. The minimum atomic E-state index is -1.57. The van der Waals surface area contributed by atoms with Crippen molar-refractivity contribution in [3.63, 3.8) is 0 Å². The molecular formula is C25H29FN6O3. The van der Waals surface area contributed by atoms with Crippen LogP contribution in [0.3, 0.4) is 0 Å². The number of hydrogen-bond acceptors (Lipinski definition) is 7. The van der Waals surface area contributed by atoms with E-state index in [2.05, 4.69) is 16.2 Å². The number of ether oxygens (including phenoxy) is 1. The van der Waals surface area contributed by atoms with Gasteiger partial charge in [0.2, 0.25) is 0 Å². The zero-order valence-electron chi connectivity index (χ0n) is 20.0. The Kier molecular flexibility index (Phi) is 6.74. The lowest BCUT2D eigenvalue weighted by atomic mass is 9.79. The Morgan fingerprint density at radius 3 is 2.77 bits per heavy atom. The molecule has 184 valence electrons. The van der Waals surface area contributed by atoms with E-state index in [-0.39, 0.29) is 18.2 Å². The second kappa shape index (κ2) is 9.60. The van der Waals surface area contributed by atoms with Gasteiger partial charge in [-0.25, -0.2) is 8.91 Å². The Balaban J connectivity index is 1.78. The first-order valence-corrected chi connectivity index (χ1v) is 11.4. The molecule has 3 aromatic heterocycles. The Morgan fingerprint density at radius 1 is 1.40 bits per heavy atom. The van der Waals surface area contributed by atoms with Crippen molar-refractivity contribution < 1.29 is 19.0 Å². The predicted molar refractivity (Wildman–Crippen MR) is 129 cm³/mol. The fourth-order valence-electron chi connectivity index (χ4n) is 4.43. The van der Waals surface area contributed by atoms with Gasteiger partial charge >= 0.3 is 0 Å². The van der Waals surface area contributed by atoms with Crippen LogP contribution in [0.5, 0.6) is 0 Å². The smallest absolute Gasteiger partial charge is 0.252 e. The van der Waals surface area contributed by atoms with Gasteiger partial charge in [-0.3, -0.25) is 9.78 Å². The number of methoxy groups -OCH3 is 1. The largest absolute Gasteiger partial charge is 0.387 e. The zero-order chi connectivity index (χ0) is 25.3. The monoisotopic (exact) mass is 480 g/mol. The molecule has 1 saturated carbocycles. The van der Waals surface area contributed by atoms with E-state index in [1.54, 1.807) is 23.8 Å². The van der Waals surface area contributed by atoms with E-state index in [0.29, 0.717) is 40.7 Å². The normalized spacial score (nSPS) is 18.6. The first kappa shape index (κ1) is 24.6. The van der Waals surface area contributed by atoms with Gasteiger partial charge < -0.3 is 20.5 Å². The third-order valence-electron chi connectivity index (χ3n) is 6.53. The standard InChI is InChI=1S/C25H29FN6O3/c1-25(2,34)23(26)13-31(18-6-15(7-18)14-35-3)22-9-20(29-12-19(22)24(28)33)21-5-4-17-8-16(10-27)11-30-32(17)21/h4-5,8-9,11-12,15,18,23,34H,6-7,13-14H2,1-3H3,(H2,28,33)/t15?,18?,23-/m1/s1. The highest BCUT2D eigenvalue weighted by molar-refractivity contribution is 5.99. The number of fused-ring (bicyclic) bond motifs is 1. The van der Waals surface area contributed by atoms with Crippen LogP contribution >= 0.6 is 0 Å². The van der Waals surface area contributed by atoms with Crippen molar-refractivity contribution >= 4 is 17.1 Å². The first-order chi connectivity index (χ1) is 16.6. The van der Waals surface area contributed by atoms with Crippen molar-refractivity contribution in [1.29, 1.82) is 5.26 Å². The van der Waals surface area contributed by atoms with Crippen LogP contribution in [-0.2, 0) is 4.74 Å². The molecule has 3 aromatic rings. The summed E-state index contributed by atoms with van der Waals surface area (Å²) in [5, 5.41) is 23.8. The van der Waals surface area contributed by atoms with E-state index >= 15 is 4.39 Å². The molecule has 10 heteroatoms. The number of carbonyl (C=O) groups is 1. The molecule has 0 radical (unpaired) electrons. The van der Waals surface area contributed by atoms with Gasteiger partial charge in [0.15, 0.2) is 0 Å². The van der Waals surface area contributed by atoms with E-state index in [9.17, 15) is 9.90 Å². The number of nitrogens with two attached hydrogens (primary N) is 1. The summed E-state index contributed by atoms with van der Waals surface area (Å²) >= 11 is 0. The van der Waals surface area contributed by atoms with Crippen LogP contribution in [0.2, 0.25) is 0 Å². The van der Waals surface area contributed by atoms with Crippen molar-refractivity contribution in [3.8, 4) is 17.5 Å². The number of anilines is 1. The molecule has 0 bridgehead atoms. The van der Waals surface area contributed by atoms with Gasteiger partial charge in [0, 0.05) is 26.0 Å². The molecular weight excluding hydrogens is 451 g/mol. The third-order valence-corrected chi connectivity index (χ3v) is 6.53. The zero-order valence-corrected chi connectivity index (χ0v) is 20.0. The van der Waals surface area contributed by atoms with E-state index in [4.69, 9.17) is 15.7 Å². The van der Waals surface area contributed by atoms with Gasteiger partial charge in [0.1, 0.15) is 12.2 Å². The van der Waals surface area contributed by atoms with Gasteiger partial charge in [-0.05, 0) is 56.9 Å². The molecule has 1 atom stereocenters. The summed E-state index contributed by atoms with van der Waals surface area (Å²) in [6.45, 7) is 3.33. The molecule has 0 aromatic carbocycles. The summed E-state index contributed by atoms with van der Waals surface area (Å²) < 4.78 is 22.0. The number of nitrogens with zero attached hydrogens (tertiary/aromatic N) is 5. The maximum absolute atomic E-state index is 15.1. The maximum Gasteiger partial charge on any atom is 0.252 e. The summed E-state index contributed by atoms with van der Waals surface area (Å²) in [7, 11) is 1.65. The Morgan fingerprint density at radius 2 is 2.14 bits per heavy atom. The highest BCUT2D eigenvalue weighted by Crippen LogP contribution is 2.38. The molecule has 0 saturated heterocycles. The molecule has 0 spiro atoms. The predicted octanol–water partition coefficient (Wildman–Crippen LogP) is 2.71. The summed E-state index contributed by atoms with van der Waals surface area (Å²) in [4.78, 5) is 18.6. The van der Waals surface area contributed by atoms with Crippen LogP contribution in [0, 0.1) is 17.2 Å². The minimum Gasteiger partial charge on any atom is -0.387 e. The van der Waals surface area contributed by atoms with Crippen LogP contribution in [-0.4, -0.2) is 63.7 Å². The highest BCUT2D eigenvalue weighted by atomic mass is 19.1. The lowest BCUT2D eigenvalue weighted by Gasteiger charge is -2.45. The number of alkyl halides is 1. The summed E-state index contributed by atoms with van der Waals surface area (Å²) in [5.41, 5.74) is 7.05. The van der Waals surface area contributed by atoms with Crippen molar-refractivity contribution in [2.45, 2.75) is 44.5 Å². The number of halogens is 1. The Bertz CT molecular complexity index is 1270. The maximum atomic E-state index is 15.1. The number of pyridine rings is 1. The molecule has 3 N–H and O–H groups in total. The SMILES string of the molecule is COCC1CC(N(C[C@@H](F)C(C)(C)O)c2cc(-c3ccc4cc(C#N)cnn34)ncc2C(N)=O)C1. The van der Waals surface area contributed by atoms with Gasteiger partial charge in [-0.2, -0.15) is 10.4 Å². The summed E-state index contributed by atoms with van der Waals surface area (Å²) in [5.74, 6) is -0.341. The van der Waals surface area contributed by atoms with E-state index in [1.807, 2.05) is 17.0 Å². The fourth-order valence-corrected chi connectivity index (χ4v) is 4.43. The van der Waals surface area contributed by atoms with Gasteiger partial charge in [-0.15, -0.1) is 0 Å². The fraction of sp³-hybridized carbons (Fsp3) is 0.440. The Labute approximate surface area is 202 Å². The number of nitriles is 1. The molecule has 1 amide bonds. The van der Waals surface area contributed by atoms with Crippen LogP contribution in [0.1, 0.15) is 42.6 Å². The first-order valence-electron chi connectivity index (χ1n) is 11.4. The van der Waals surface area contributed by atoms with Gasteiger partial charge in [0.25, 0.3) is 5.91 Å². The molecule has 0 unspecified atom stereocenters. The number of carbonyl (C=O) groups excluding carboxylic acids is 1. The van der Waals surface area contributed by atoms with Crippen LogP contribution in [0.15, 0.2) is 36.7 Å². The lowest BCUT2D eigenvalue weighted by Crippen LogP contribution is -2.52. The molecule has 35 heavy (non-hydrogen) atoms. The number of primary amides is 1. The second-order valence-electron chi connectivity index (χ2n) is 9.58. The third kappa shape index (κ3) is 4.97. The van der Waals surface area contributed by atoms with E-state index in [0.717, 1.165) is 12.8 Å². The number of rotatable bonds is 9. The molecule has 9 nitrogen and oxygen atoms in total. The molecule has 3 heterocycles. The second-order valence-corrected chi connectivity index (χ2v) is 9.58. The molecule has 1 aliphatic rings. The number of aromatic nitrogens is 3. The van der Waals surface area contributed by atoms with Gasteiger partial charge in [-0.1, -0.05) is 0 Å². The highest BCUT2D eigenvalue weighted by Gasteiger charge is 2.38. The lowest BCUT2D eigenvalue weighted by molar-refractivity contribution is -0.00214. The Hall–Kier alpha value is -3.55. The van der Waals surface area contributed by atoms with E-state index in [1.165, 1.54) is 26.2 Å². The van der Waals surface area contributed by atoms with Crippen molar-refractivity contribution in [3.05, 3.63) is 47.8 Å². The molecule has 0 aliphatic heterocycles. The van der Waals surface area contributed by atoms with Crippen LogP contribution in [0.4, 0.5) is 10.1 Å².